The summed E-state index contributed by atoms with van der Waals surface area (Å²) in [5.74, 6) is 0.638. The average Bonchev–Trinajstić information content (AvgIpc) is 2.92. The Morgan fingerprint density at radius 2 is 1.73 bits per heavy atom. The highest BCUT2D eigenvalue weighted by Crippen LogP contribution is 2.30. The minimum atomic E-state index is -1.53. The fourth-order valence-electron chi connectivity index (χ4n) is 3.73. The van der Waals surface area contributed by atoms with Crippen molar-refractivity contribution in [3.63, 3.8) is 0 Å². The van der Waals surface area contributed by atoms with E-state index in [1.54, 1.807) is 42.6 Å². The maximum Gasteiger partial charge on any atom is 0.347 e. The number of carboxylic acid groups (broad SMARTS) is 1. The van der Waals surface area contributed by atoms with Crippen LogP contribution in [0.2, 0.25) is 0 Å². The molecule has 4 rings (SSSR count). The number of rotatable bonds is 10. The van der Waals surface area contributed by atoms with Crippen LogP contribution in [0, 0.1) is 0 Å². The average molecular weight is 507 g/mol. The molecule has 0 bridgehead atoms. The fourth-order valence-corrected chi connectivity index (χ4v) is 3.73. The predicted molar refractivity (Wildman–Crippen MR) is 137 cm³/mol. The summed E-state index contributed by atoms with van der Waals surface area (Å²) >= 11 is 0. The number of hydrogen-bond donors (Lipinski definition) is 1. The Kier molecular flexibility index (Phi) is 7.93. The van der Waals surface area contributed by atoms with Crippen molar-refractivity contribution in [3.8, 4) is 17.2 Å². The number of carboxylic acids is 1. The van der Waals surface area contributed by atoms with Crippen molar-refractivity contribution in [1.29, 1.82) is 0 Å². The van der Waals surface area contributed by atoms with Crippen LogP contribution in [0.4, 0.5) is 5.82 Å². The second kappa shape index (κ2) is 11.3. The number of morpholine rings is 1. The van der Waals surface area contributed by atoms with E-state index >= 15 is 0 Å². The highest BCUT2D eigenvalue weighted by atomic mass is 16.5. The van der Waals surface area contributed by atoms with E-state index in [2.05, 4.69) is 9.88 Å². The monoisotopic (exact) mass is 506 g/mol. The second-order valence-corrected chi connectivity index (χ2v) is 9.05. The molecule has 1 fully saturated rings. The van der Waals surface area contributed by atoms with Crippen molar-refractivity contribution >= 4 is 17.6 Å². The molecule has 3 aromatic rings. The number of carbonyl (C=O) groups is 2. The van der Waals surface area contributed by atoms with Gasteiger partial charge < -0.3 is 29.0 Å². The standard InChI is InChI=1S/C28H30N2O7/c1-28(2,27(32)33)37-24-16-22(34-3)9-10-23(24)26(31)20-5-7-21(8-6-20)36-18-19-4-11-25(29-17-19)30-12-14-35-15-13-30/h4-11,16-17H,12-15,18H2,1-3H3,(H,32,33). The van der Waals surface area contributed by atoms with Gasteiger partial charge >= 0.3 is 5.97 Å². The molecule has 1 aromatic heterocycles. The second-order valence-electron chi connectivity index (χ2n) is 9.05. The van der Waals surface area contributed by atoms with Gasteiger partial charge in [0, 0.05) is 36.5 Å². The number of pyridine rings is 1. The lowest BCUT2D eigenvalue weighted by Crippen LogP contribution is -2.38. The Morgan fingerprint density at radius 1 is 1.03 bits per heavy atom. The largest absolute Gasteiger partial charge is 0.497 e. The number of aromatic nitrogens is 1. The van der Waals surface area contributed by atoms with Crippen LogP contribution in [0.5, 0.6) is 17.2 Å². The van der Waals surface area contributed by atoms with Gasteiger partial charge in [0.15, 0.2) is 11.4 Å². The van der Waals surface area contributed by atoms with Crippen LogP contribution in [-0.4, -0.2) is 60.9 Å². The molecular weight excluding hydrogens is 476 g/mol. The number of carbonyl (C=O) groups excluding carboxylic acids is 1. The first-order valence-electron chi connectivity index (χ1n) is 11.9. The lowest BCUT2D eigenvalue weighted by Gasteiger charge is -2.27. The van der Waals surface area contributed by atoms with Gasteiger partial charge in [-0.1, -0.05) is 6.07 Å². The van der Waals surface area contributed by atoms with Crippen molar-refractivity contribution in [2.75, 3.05) is 38.3 Å². The quantitative estimate of drug-likeness (QED) is 0.409. The number of nitrogens with zero attached hydrogens (tertiary/aromatic N) is 2. The Bertz CT molecular complexity index is 1230. The van der Waals surface area contributed by atoms with Crippen molar-refractivity contribution in [1.82, 2.24) is 4.98 Å². The molecule has 0 unspecified atom stereocenters. The number of aliphatic carboxylic acids is 1. The van der Waals surface area contributed by atoms with Gasteiger partial charge in [-0.05, 0) is 56.3 Å². The first kappa shape index (κ1) is 26.0. The van der Waals surface area contributed by atoms with Gasteiger partial charge in [-0.15, -0.1) is 0 Å². The molecule has 1 aliphatic heterocycles. The molecule has 0 saturated carbocycles. The van der Waals surface area contributed by atoms with Gasteiger partial charge in [0.25, 0.3) is 0 Å². The minimum Gasteiger partial charge on any atom is -0.497 e. The summed E-state index contributed by atoms with van der Waals surface area (Å²) in [5, 5.41) is 9.45. The van der Waals surface area contributed by atoms with E-state index in [0.717, 1.165) is 24.5 Å². The first-order valence-corrected chi connectivity index (χ1v) is 11.9. The number of ether oxygens (including phenoxy) is 4. The SMILES string of the molecule is COc1ccc(C(=O)c2ccc(OCc3ccc(N4CCOCC4)nc3)cc2)c(OC(C)(C)C(=O)O)c1. The van der Waals surface area contributed by atoms with E-state index < -0.39 is 11.6 Å². The van der Waals surface area contributed by atoms with E-state index in [9.17, 15) is 14.7 Å². The molecule has 9 heteroatoms. The summed E-state index contributed by atoms with van der Waals surface area (Å²) in [4.78, 5) is 31.5. The molecule has 194 valence electrons. The third-order valence-electron chi connectivity index (χ3n) is 5.98. The van der Waals surface area contributed by atoms with Crippen LogP contribution in [0.3, 0.4) is 0 Å². The third-order valence-corrected chi connectivity index (χ3v) is 5.98. The third kappa shape index (κ3) is 6.37. The Labute approximate surface area is 215 Å². The Balaban J connectivity index is 1.42. The fraction of sp³-hybridized carbons (Fsp3) is 0.321. The molecule has 1 saturated heterocycles. The Hall–Kier alpha value is -4.11. The maximum atomic E-state index is 13.2. The van der Waals surface area contributed by atoms with Gasteiger partial charge in [-0.3, -0.25) is 4.79 Å². The summed E-state index contributed by atoms with van der Waals surface area (Å²) in [6.45, 7) is 6.24. The number of hydrogen-bond acceptors (Lipinski definition) is 8. The van der Waals surface area contributed by atoms with Crippen LogP contribution in [0.15, 0.2) is 60.8 Å². The smallest absolute Gasteiger partial charge is 0.347 e. The molecule has 0 spiro atoms. The van der Waals surface area contributed by atoms with Crippen molar-refractivity contribution < 1.29 is 33.6 Å². The van der Waals surface area contributed by atoms with Gasteiger partial charge in [-0.25, -0.2) is 9.78 Å². The molecule has 0 radical (unpaired) electrons. The molecular formula is C28H30N2O7. The summed E-state index contributed by atoms with van der Waals surface area (Å²) in [6, 6.07) is 15.4. The van der Waals surface area contributed by atoms with E-state index in [-0.39, 0.29) is 17.1 Å². The molecule has 2 aromatic carbocycles. The van der Waals surface area contributed by atoms with Gasteiger partial charge in [0.1, 0.15) is 29.7 Å². The minimum absolute atomic E-state index is 0.130. The van der Waals surface area contributed by atoms with Gasteiger partial charge in [0.2, 0.25) is 0 Å². The molecule has 2 heterocycles. The molecule has 1 aliphatic rings. The van der Waals surface area contributed by atoms with E-state index in [0.29, 0.717) is 36.9 Å². The van der Waals surface area contributed by atoms with Crippen LogP contribution < -0.4 is 19.1 Å². The van der Waals surface area contributed by atoms with Gasteiger partial charge in [-0.2, -0.15) is 0 Å². The number of ketones is 1. The highest BCUT2D eigenvalue weighted by molar-refractivity contribution is 6.11. The highest BCUT2D eigenvalue weighted by Gasteiger charge is 2.31. The molecule has 37 heavy (non-hydrogen) atoms. The normalized spacial score (nSPS) is 13.6. The first-order chi connectivity index (χ1) is 17.8. The van der Waals surface area contributed by atoms with Crippen molar-refractivity contribution in [3.05, 3.63) is 77.5 Å². The lowest BCUT2D eigenvalue weighted by atomic mass is 10.0. The Morgan fingerprint density at radius 3 is 2.35 bits per heavy atom. The van der Waals surface area contributed by atoms with Crippen molar-refractivity contribution in [2.45, 2.75) is 26.1 Å². The van der Waals surface area contributed by atoms with Gasteiger partial charge in [0.05, 0.1) is 25.9 Å². The van der Waals surface area contributed by atoms with E-state index in [1.807, 2.05) is 12.1 Å². The van der Waals surface area contributed by atoms with Crippen LogP contribution in [0.1, 0.15) is 35.3 Å². The summed E-state index contributed by atoms with van der Waals surface area (Å²) in [6.07, 6.45) is 1.80. The zero-order chi connectivity index (χ0) is 26.4. The summed E-state index contributed by atoms with van der Waals surface area (Å²) < 4.78 is 22.2. The number of benzene rings is 2. The van der Waals surface area contributed by atoms with E-state index in [4.69, 9.17) is 18.9 Å². The zero-order valence-corrected chi connectivity index (χ0v) is 21.1. The molecule has 0 aliphatic carbocycles. The predicted octanol–water partition coefficient (Wildman–Crippen LogP) is 3.98. The zero-order valence-electron chi connectivity index (χ0n) is 21.1. The van der Waals surface area contributed by atoms with Crippen LogP contribution in [-0.2, 0) is 16.1 Å². The van der Waals surface area contributed by atoms with Crippen LogP contribution in [0.25, 0.3) is 0 Å². The number of anilines is 1. The summed E-state index contributed by atoms with van der Waals surface area (Å²) in [5.41, 5.74) is 0.0365. The van der Waals surface area contributed by atoms with Crippen LogP contribution >= 0.6 is 0 Å². The molecule has 9 nitrogen and oxygen atoms in total. The molecule has 0 amide bonds. The lowest BCUT2D eigenvalue weighted by molar-refractivity contribution is -0.152. The molecule has 1 N–H and O–H groups in total. The van der Waals surface area contributed by atoms with E-state index in [1.165, 1.54) is 27.0 Å². The molecule has 0 atom stereocenters. The maximum absolute atomic E-state index is 13.2. The van der Waals surface area contributed by atoms with Crippen molar-refractivity contribution in [2.24, 2.45) is 0 Å². The summed E-state index contributed by atoms with van der Waals surface area (Å²) in [7, 11) is 1.48. The number of methoxy groups -OCH3 is 1. The topological polar surface area (TPSA) is 107 Å².